The average molecular weight is 400 g/mol. The molecule has 0 fully saturated rings. The lowest BCUT2D eigenvalue weighted by atomic mass is 10.1. The third kappa shape index (κ3) is 3.56. The second kappa shape index (κ2) is 7.79. The molecule has 0 amide bonds. The van der Waals surface area contributed by atoms with E-state index in [2.05, 4.69) is 27.4 Å². The molecule has 8 heteroatoms. The van der Waals surface area contributed by atoms with Gasteiger partial charge in [-0.2, -0.15) is 10.2 Å². The zero-order valence-electron chi connectivity index (χ0n) is 16.4. The first kappa shape index (κ1) is 18.7. The number of nitrogens with zero attached hydrogens (tertiary/aromatic N) is 3. The number of anilines is 1. The smallest absolute Gasteiger partial charge is 0.123 e. The monoisotopic (exact) mass is 399 g/mol. The van der Waals surface area contributed by atoms with Crippen LogP contribution in [0.4, 0.5) is 5.69 Å². The van der Waals surface area contributed by atoms with E-state index in [0.717, 1.165) is 53.5 Å². The van der Waals surface area contributed by atoms with Crippen LogP contribution in [-0.2, 0) is 19.9 Å². The fraction of sp³-hybridized carbons (Fsp3) is 0.400. The summed E-state index contributed by atoms with van der Waals surface area (Å²) in [5.74, 6) is 1.62. The molecule has 28 heavy (non-hydrogen) atoms. The minimum absolute atomic E-state index is 0.454. The van der Waals surface area contributed by atoms with E-state index >= 15 is 0 Å². The summed E-state index contributed by atoms with van der Waals surface area (Å²) in [6.07, 6.45) is 5.85. The van der Waals surface area contributed by atoms with E-state index in [1.807, 2.05) is 24.9 Å². The highest BCUT2D eigenvalue weighted by molar-refractivity contribution is 8.00. The molecule has 1 unspecified atom stereocenters. The lowest BCUT2D eigenvalue weighted by Crippen LogP contribution is -2.06. The Kier molecular flexibility index (Phi) is 5.21. The summed E-state index contributed by atoms with van der Waals surface area (Å²) in [5, 5.41) is 12.6. The molecule has 3 aromatic rings. The Labute approximate surface area is 168 Å². The van der Waals surface area contributed by atoms with Crippen molar-refractivity contribution in [2.24, 2.45) is 7.05 Å². The maximum atomic E-state index is 6.12. The maximum Gasteiger partial charge on any atom is 0.123 e. The first-order valence-corrected chi connectivity index (χ1v) is 10.2. The van der Waals surface area contributed by atoms with Crippen molar-refractivity contribution in [1.29, 1.82) is 0 Å². The molecule has 3 N–H and O–H groups in total. The third-order valence-corrected chi connectivity index (χ3v) is 6.40. The van der Waals surface area contributed by atoms with Crippen molar-refractivity contribution in [3.8, 4) is 22.9 Å². The quantitative estimate of drug-likeness (QED) is 0.639. The van der Waals surface area contributed by atoms with Crippen LogP contribution in [0.15, 0.2) is 29.3 Å². The zero-order valence-corrected chi connectivity index (χ0v) is 17.2. The van der Waals surface area contributed by atoms with Crippen LogP contribution < -0.4 is 15.2 Å². The maximum absolute atomic E-state index is 6.12. The molecule has 0 bridgehead atoms. The van der Waals surface area contributed by atoms with Crippen LogP contribution in [0.2, 0.25) is 0 Å². The highest BCUT2D eigenvalue weighted by Crippen LogP contribution is 2.38. The van der Waals surface area contributed by atoms with Crippen molar-refractivity contribution in [2.45, 2.75) is 35.8 Å². The molecule has 2 aromatic heterocycles. The van der Waals surface area contributed by atoms with Crippen LogP contribution in [-0.4, -0.2) is 39.4 Å². The van der Waals surface area contributed by atoms with E-state index in [-0.39, 0.29) is 0 Å². The molecule has 7 nitrogen and oxygen atoms in total. The molecule has 0 radical (unpaired) electrons. The summed E-state index contributed by atoms with van der Waals surface area (Å²) in [7, 11) is 5.26. The van der Waals surface area contributed by atoms with Gasteiger partial charge in [0, 0.05) is 40.9 Å². The number of hydrogen-bond donors (Lipinski definition) is 2. The van der Waals surface area contributed by atoms with Gasteiger partial charge in [0.05, 0.1) is 26.1 Å². The van der Waals surface area contributed by atoms with Gasteiger partial charge in [0.2, 0.25) is 0 Å². The van der Waals surface area contributed by atoms with Crippen molar-refractivity contribution >= 4 is 17.4 Å². The lowest BCUT2D eigenvalue weighted by molar-refractivity contribution is 0.392. The summed E-state index contributed by atoms with van der Waals surface area (Å²) in [6.45, 7) is 0. The minimum Gasteiger partial charge on any atom is -0.497 e. The van der Waals surface area contributed by atoms with E-state index < -0.39 is 0 Å². The van der Waals surface area contributed by atoms with Crippen LogP contribution in [0.1, 0.15) is 24.1 Å². The van der Waals surface area contributed by atoms with E-state index in [9.17, 15) is 0 Å². The minimum atomic E-state index is 0.454. The van der Waals surface area contributed by atoms with Gasteiger partial charge in [-0.05, 0) is 31.4 Å². The molecule has 1 aliphatic carbocycles. The fourth-order valence-corrected chi connectivity index (χ4v) is 5.05. The zero-order chi connectivity index (χ0) is 19.7. The molecular weight excluding hydrogens is 374 g/mol. The molecule has 1 atom stereocenters. The molecule has 1 aliphatic rings. The van der Waals surface area contributed by atoms with Crippen molar-refractivity contribution in [3.63, 3.8) is 0 Å². The number of methoxy groups -OCH3 is 2. The van der Waals surface area contributed by atoms with Crippen LogP contribution in [0.5, 0.6) is 11.5 Å². The van der Waals surface area contributed by atoms with E-state index in [1.54, 1.807) is 25.1 Å². The standard InChI is InChI=1S/C20H25N5O2S/c1-25-20(17(21)11-22-25)19-16-6-4-5-14(10-18(16)23-24-19)28-15-8-12(26-2)7-13(9-15)27-3/h7-9,11,14H,4-6,10,21H2,1-3H3,(H,23,24). The van der Waals surface area contributed by atoms with Gasteiger partial charge in [0.15, 0.2) is 0 Å². The summed E-state index contributed by atoms with van der Waals surface area (Å²) in [6, 6.07) is 6.02. The topological polar surface area (TPSA) is 91.0 Å². The fourth-order valence-electron chi connectivity index (χ4n) is 3.76. The van der Waals surface area contributed by atoms with Gasteiger partial charge in [-0.3, -0.25) is 9.78 Å². The molecule has 2 heterocycles. The van der Waals surface area contributed by atoms with Crippen molar-refractivity contribution in [3.05, 3.63) is 35.7 Å². The van der Waals surface area contributed by atoms with Gasteiger partial charge in [0.1, 0.15) is 22.9 Å². The number of aromatic nitrogens is 4. The predicted molar refractivity (Wildman–Crippen MR) is 111 cm³/mol. The van der Waals surface area contributed by atoms with Gasteiger partial charge < -0.3 is 15.2 Å². The Hall–Kier alpha value is -2.61. The molecule has 4 rings (SSSR count). The van der Waals surface area contributed by atoms with E-state index in [4.69, 9.17) is 15.2 Å². The third-order valence-electron chi connectivity index (χ3n) is 5.16. The van der Waals surface area contributed by atoms with Crippen molar-refractivity contribution < 1.29 is 9.47 Å². The number of nitrogens with one attached hydrogen (secondary N) is 1. The second-order valence-corrected chi connectivity index (χ2v) is 8.36. The lowest BCUT2D eigenvalue weighted by Gasteiger charge is -2.15. The molecule has 1 aromatic carbocycles. The number of fused-ring (bicyclic) bond motifs is 1. The van der Waals surface area contributed by atoms with Crippen LogP contribution in [0.25, 0.3) is 11.4 Å². The number of thioether (sulfide) groups is 1. The second-order valence-electron chi connectivity index (χ2n) is 6.99. The summed E-state index contributed by atoms with van der Waals surface area (Å²) in [4.78, 5) is 1.15. The Morgan fingerprint density at radius 1 is 1.21 bits per heavy atom. The highest BCUT2D eigenvalue weighted by Gasteiger charge is 2.25. The Morgan fingerprint density at radius 3 is 2.61 bits per heavy atom. The number of rotatable bonds is 5. The van der Waals surface area contributed by atoms with Gasteiger partial charge in [-0.25, -0.2) is 0 Å². The van der Waals surface area contributed by atoms with Gasteiger partial charge in [0.25, 0.3) is 0 Å². The molecule has 0 aliphatic heterocycles. The molecule has 0 spiro atoms. The van der Waals surface area contributed by atoms with Gasteiger partial charge in [-0.15, -0.1) is 11.8 Å². The van der Waals surface area contributed by atoms with Crippen molar-refractivity contribution in [2.75, 3.05) is 20.0 Å². The largest absolute Gasteiger partial charge is 0.497 e. The number of nitrogen functional groups attached to an aromatic ring is 1. The van der Waals surface area contributed by atoms with Crippen molar-refractivity contribution in [1.82, 2.24) is 20.0 Å². The Morgan fingerprint density at radius 2 is 1.96 bits per heavy atom. The first-order chi connectivity index (χ1) is 13.6. The molecule has 148 valence electrons. The molecular formula is C20H25N5O2S. The molecule has 0 saturated heterocycles. The van der Waals surface area contributed by atoms with Gasteiger partial charge in [-0.1, -0.05) is 0 Å². The number of aryl methyl sites for hydroxylation is 1. The summed E-state index contributed by atoms with van der Waals surface area (Å²) >= 11 is 1.86. The predicted octanol–water partition coefficient (Wildman–Crippen LogP) is 3.45. The number of ether oxygens (including phenoxy) is 2. The highest BCUT2D eigenvalue weighted by atomic mass is 32.2. The van der Waals surface area contributed by atoms with E-state index in [0.29, 0.717) is 10.9 Å². The summed E-state index contributed by atoms with van der Waals surface area (Å²) < 4.78 is 12.6. The van der Waals surface area contributed by atoms with Gasteiger partial charge >= 0.3 is 0 Å². The number of H-pyrrole nitrogens is 1. The number of benzene rings is 1. The van der Waals surface area contributed by atoms with Crippen LogP contribution in [0.3, 0.4) is 0 Å². The SMILES string of the molecule is COc1cc(OC)cc(SC2CCCc3c(-c4c(N)cnn4C)n[nH]c3C2)c1. The van der Waals surface area contributed by atoms with E-state index in [1.165, 1.54) is 11.3 Å². The first-order valence-electron chi connectivity index (χ1n) is 9.32. The number of hydrogen-bond acceptors (Lipinski definition) is 6. The van der Waals surface area contributed by atoms with Crippen LogP contribution >= 0.6 is 11.8 Å². The number of nitrogens with two attached hydrogens (primary N) is 1. The summed E-state index contributed by atoms with van der Waals surface area (Å²) in [5.41, 5.74) is 11.1. The average Bonchev–Trinajstić information content (AvgIpc) is 3.16. The molecule has 0 saturated carbocycles. The Bertz CT molecular complexity index is 939. The number of aromatic amines is 1. The normalized spacial score (nSPS) is 16.5. The Balaban J connectivity index is 1.58. The van der Waals surface area contributed by atoms with Crippen LogP contribution in [0, 0.1) is 0 Å².